The molecule has 0 aliphatic carbocycles. The summed E-state index contributed by atoms with van der Waals surface area (Å²) in [6.45, 7) is 0.476. The van der Waals surface area contributed by atoms with Crippen molar-refractivity contribution in [2.24, 2.45) is 0 Å². The fourth-order valence-corrected chi connectivity index (χ4v) is 2.00. The van der Waals surface area contributed by atoms with Crippen molar-refractivity contribution in [3.8, 4) is 11.5 Å². The van der Waals surface area contributed by atoms with Crippen molar-refractivity contribution in [1.82, 2.24) is 4.98 Å². The van der Waals surface area contributed by atoms with Crippen LogP contribution in [0.15, 0.2) is 41.0 Å². The Morgan fingerprint density at radius 3 is 2.70 bits per heavy atom. The van der Waals surface area contributed by atoms with E-state index in [2.05, 4.69) is 35.7 Å². The predicted octanol–water partition coefficient (Wildman–Crippen LogP) is 3.78. The Morgan fingerprint density at radius 1 is 1.15 bits per heavy atom. The van der Waals surface area contributed by atoms with Crippen LogP contribution in [0.25, 0.3) is 0 Å². The van der Waals surface area contributed by atoms with Gasteiger partial charge >= 0.3 is 6.29 Å². The van der Waals surface area contributed by atoms with Gasteiger partial charge in [-0.3, -0.25) is 4.98 Å². The number of ether oxygens (including phenoxy) is 2. The van der Waals surface area contributed by atoms with E-state index in [4.69, 9.17) is 0 Å². The van der Waals surface area contributed by atoms with Gasteiger partial charge in [-0.25, -0.2) is 0 Å². The summed E-state index contributed by atoms with van der Waals surface area (Å²) in [5.41, 5.74) is 1.48. The maximum Gasteiger partial charge on any atom is 0.586 e. The lowest BCUT2D eigenvalue weighted by Gasteiger charge is -2.06. The van der Waals surface area contributed by atoms with Crippen molar-refractivity contribution in [3.05, 3.63) is 46.7 Å². The molecular weight excluding hydrogens is 334 g/mol. The third-order valence-corrected chi connectivity index (χ3v) is 3.13. The third kappa shape index (κ3) is 2.82. The highest BCUT2D eigenvalue weighted by atomic mass is 79.9. The Labute approximate surface area is 121 Å². The lowest BCUT2D eigenvalue weighted by molar-refractivity contribution is -0.286. The molecule has 20 heavy (non-hydrogen) atoms. The van der Waals surface area contributed by atoms with Crippen LogP contribution in [0.2, 0.25) is 0 Å². The molecule has 1 aromatic heterocycles. The van der Waals surface area contributed by atoms with E-state index in [1.54, 1.807) is 12.3 Å². The van der Waals surface area contributed by atoms with Crippen LogP contribution >= 0.6 is 15.9 Å². The summed E-state index contributed by atoms with van der Waals surface area (Å²) < 4.78 is 35.4. The molecule has 0 saturated carbocycles. The number of aromatic nitrogens is 1. The first-order valence-electron chi connectivity index (χ1n) is 5.76. The minimum absolute atomic E-state index is 0.0174. The molecular formula is C13H9BrF2N2O2. The molecule has 2 aromatic rings. The van der Waals surface area contributed by atoms with Crippen LogP contribution in [0.5, 0.6) is 11.5 Å². The van der Waals surface area contributed by atoms with Crippen LogP contribution in [0, 0.1) is 0 Å². The molecule has 7 heteroatoms. The maximum atomic E-state index is 12.9. The summed E-state index contributed by atoms with van der Waals surface area (Å²) in [5.74, 6) is 0.0473. The number of halogens is 3. The van der Waals surface area contributed by atoms with Crippen molar-refractivity contribution in [2.45, 2.75) is 12.8 Å². The van der Waals surface area contributed by atoms with Crippen molar-refractivity contribution in [3.63, 3.8) is 0 Å². The Bertz CT molecular complexity index is 635. The zero-order valence-corrected chi connectivity index (χ0v) is 11.7. The van der Waals surface area contributed by atoms with E-state index < -0.39 is 6.29 Å². The largest absolute Gasteiger partial charge is 0.586 e. The van der Waals surface area contributed by atoms with E-state index in [0.29, 0.717) is 12.2 Å². The molecule has 0 radical (unpaired) electrons. The SMILES string of the molecule is FC1(F)Oc2ccc(NCc3ccc(Br)cn3)cc2O1. The van der Waals surface area contributed by atoms with E-state index in [9.17, 15) is 8.78 Å². The van der Waals surface area contributed by atoms with Crippen LogP contribution < -0.4 is 14.8 Å². The molecule has 104 valence electrons. The summed E-state index contributed by atoms with van der Waals surface area (Å²) in [5, 5.41) is 3.08. The van der Waals surface area contributed by atoms with Gasteiger partial charge in [0.05, 0.1) is 12.2 Å². The fraction of sp³-hybridized carbons (Fsp3) is 0.154. The summed E-state index contributed by atoms with van der Waals surface area (Å²) >= 11 is 3.30. The lowest BCUT2D eigenvalue weighted by Crippen LogP contribution is -2.25. The molecule has 0 saturated heterocycles. The van der Waals surface area contributed by atoms with Crippen molar-refractivity contribution >= 4 is 21.6 Å². The molecule has 0 fully saturated rings. The molecule has 2 heterocycles. The molecule has 3 rings (SSSR count). The molecule has 0 spiro atoms. The first kappa shape index (κ1) is 13.1. The van der Waals surface area contributed by atoms with E-state index in [0.717, 1.165) is 10.2 Å². The Hall–Kier alpha value is -1.89. The third-order valence-electron chi connectivity index (χ3n) is 2.66. The highest BCUT2D eigenvalue weighted by Crippen LogP contribution is 2.42. The summed E-state index contributed by atoms with van der Waals surface area (Å²) in [6.07, 6.45) is -1.90. The van der Waals surface area contributed by atoms with Gasteiger partial charge in [0.1, 0.15) is 0 Å². The average molecular weight is 343 g/mol. The zero-order chi connectivity index (χ0) is 14.2. The number of fused-ring (bicyclic) bond motifs is 1. The molecule has 0 unspecified atom stereocenters. The normalized spacial score (nSPS) is 15.2. The summed E-state index contributed by atoms with van der Waals surface area (Å²) in [7, 11) is 0. The second-order valence-corrected chi connectivity index (χ2v) is 5.07. The van der Waals surface area contributed by atoms with Crippen molar-refractivity contribution < 1.29 is 18.3 Å². The van der Waals surface area contributed by atoms with E-state index in [-0.39, 0.29) is 11.5 Å². The van der Waals surface area contributed by atoms with E-state index >= 15 is 0 Å². The average Bonchev–Trinajstić information content (AvgIpc) is 2.71. The number of alkyl halides is 2. The van der Waals surface area contributed by atoms with Gasteiger partial charge in [-0.05, 0) is 40.2 Å². The van der Waals surface area contributed by atoms with Crippen molar-refractivity contribution in [2.75, 3.05) is 5.32 Å². The van der Waals surface area contributed by atoms with Gasteiger partial charge in [0.15, 0.2) is 11.5 Å². The van der Waals surface area contributed by atoms with E-state index in [1.165, 1.54) is 12.1 Å². The highest BCUT2D eigenvalue weighted by Gasteiger charge is 2.43. The molecule has 1 aliphatic rings. The van der Waals surface area contributed by atoms with Crippen molar-refractivity contribution in [1.29, 1.82) is 0 Å². The number of hydrogen-bond donors (Lipinski definition) is 1. The Kier molecular flexibility index (Phi) is 3.21. The lowest BCUT2D eigenvalue weighted by atomic mass is 10.2. The number of nitrogens with one attached hydrogen (secondary N) is 1. The van der Waals surface area contributed by atoms with Crippen LogP contribution in [0.4, 0.5) is 14.5 Å². The fourth-order valence-electron chi connectivity index (χ4n) is 1.76. The molecule has 0 atom stereocenters. The second-order valence-electron chi connectivity index (χ2n) is 4.15. The molecule has 0 bridgehead atoms. The van der Waals surface area contributed by atoms with Gasteiger partial charge in [0.2, 0.25) is 0 Å². The van der Waals surface area contributed by atoms with Crippen LogP contribution in [-0.4, -0.2) is 11.3 Å². The minimum atomic E-state index is -3.59. The monoisotopic (exact) mass is 342 g/mol. The van der Waals surface area contributed by atoms with Gasteiger partial charge in [-0.1, -0.05) is 0 Å². The summed E-state index contributed by atoms with van der Waals surface area (Å²) in [6, 6.07) is 8.29. The smallest absolute Gasteiger partial charge is 0.395 e. The minimum Gasteiger partial charge on any atom is -0.395 e. The quantitative estimate of drug-likeness (QED) is 0.921. The Balaban J connectivity index is 1.69. The molecule has 0 amide bonds. The summed E-state index contributed by atoms with van der Waals surface area (Å²) in [4.78, 5) is 4.20. The molecule has 1 N–H and O–H groups in total. The highest BCUT2D eigenvalue weighted by molar-refractivity contribution is 9.10. The van der Waals surface area contributed by atoms with Gasteiger partial charge in [-0.15, -0.1) is 8.78 Å². The maximum absolute atomic E-state index is 12.9. The number of hydrogen-bond acceptors (Lipinski definition) is 4. The Morgan fingerprint density at radius 2 is 1.95 bits per heavy atom. The van der Waals surface area contributed by atoms with Gasteiger partial charge in [0.25, 0.3) is 0 Å². The first-order valence-corrected chi connectivity index (χ1v) is 6.55. The van der Waals surface area contributed by atoms with E-state index in [1.807, 2.05) is 12.1 Å². The van der Waals surface area contributed by atoms with Gasteiger partial charge < -0.3 is 14.8 Å². The molecule has 4 nitrogen and oxygen atoms in total. The number of pyridine rings is 1. The second kappa shape index (κ2) is 4.90. The topological polar surface area (TPSA) is 43.4 Å². The van der Waals surface area contributed by atoms with Gasteiger partial charge in [0, 0.05) is 22.4 Å². The zero-order valence-electron chi connectivity index (χ0n) is 10.1. The molecule has 1 aliphatic heterocycles. The number of nitrogens with zero attached hydrogens (tertiary/aromatic N) is 1. The van der Waals surface area contributed by atoms with Gasteiger partial charge in [-0.2, -0.15) is 0 Å². The number of anilines is 1. The number of rotatable bonds is 3. The van der Waals surface area contributed by atoms with Crippen LogP contribution in [0.3, 0.4) is 0 Å². The first-order chi connectivity index (χ1) is 9.52. The number of benzene rings is 1. The van der Waals surface area contributed by atoms with Crippen LogP contribution in [0.1, 0.15) is 5.69 Å². The predicted molar refractivity (Wildman–Crippen MR) is 71.9 cm³/mol. The van der Waals surface area contributed by atoms with Crippen LogP contribution in [-0.2, 0) is 6.54 Å². The molecule has 1 aromatic carbocycles. The standard InChI is InChI=1S/C13H9BrF2N2O2/c14-8-1-2-10(17-6-8)7-18-9-3-4-11-12(5-9)20-13(15,16)19-11/h1-6,18H,7H2.